The van der Waals surface area contributed by atoms with Crippen molar-refractivity contribution in [1.82, 2.24) is 0 Å². The summed E-state index contributed by atoms with van der Waals surface area (Å²) in [7, 11) is 1.38. The lowest BCUT2D eigenvalue weighted by molar-refractivity contribution is 0.0600. The largest absolute Gasteiger partial charge is 0.465 e. The van der Waals surface area contributed by atoms with Crippen LogP contribution in [0.3, 0.4) is 0 Å². The highest BCUT2D eigenvalue weighted by Crippen LogP contribution is 2.20. The standard InChI is InChI=1S/C14H12O2.C7H4Cl2O/c1-16-14(15)13-9-7-12(8-10-13)11-5-3-2-4-6-11;8-6-2-1-5(4-10)7(9)3-6/h2-10H,1H3;1-4H. The van der Waals surface area contributed by atoms with Crippen LogP contribution in [0.1, 0.15) is 20.7 Å². The third kappa shape index (κ3) is 5.45. The second kappa shape index (κ2) is 9.76. The molecule has 0 radical (unpaired) electrons. The zero-order valence-electron chi connectivity index (χ0n) is 14.0. The van der Waals surface area contributed by atoms with Crippen LogP contribution in [0.4, 0.5) is 0 Å². The number of hydrogen-bond acceptors (Lipinski definition) is 3. The minimum Gasteiger partial charge on any atom is -0.465 e. The average molecular weight is 387 g/mol. The molecule has 0 fully saturated rings. The van der Waals surface area contributed by atoms with Crippen LogP contribution >= 0.6 is 23.2 Å². The fourth-order valence-electron chi connectivity index (χ4n) is 2.14. The minimum absolute atomic E-state index is 0.306. The van der Waals surface area contributed by atoms with Crippen LogP contribution in [-0.2, 0) is 4.74 Å². The van der Waals surface area contributed by atoms with Gasteiger partial charge in [-0.15, -0.1) is 0 Å². The molecule has 0 spiro atoms. The Kier molecular flexibility index (Phi) is 7.39. The summed E-state index contributed by atoms with van der Waals surface area (Å²) in [5.41, 5.74) is 3.26. The Morgan fingerprint density at radius 3 is 2.04 bits per heavy atom. The molecule has 3 aromatic rings. The van der Waals surface area contributed by atoms with Gasteiger partial charge in [0.2, 0.25) is 0 Å². The second-order valence-electron chi connectivity index (χ2n) is 5.22. The Balaban J connectivity index is 0.000000209. The summed E-state index contributed by atoms with van der Waals surface area (Å²) in [6.07, 6.45) is 0.693. The van der Waals surface area contributed by atoms with E-state index < -0.39 is 0 Å². The van der Waals surface area contributed by atoms with Gasteiger partial charge < -0.3 is 4.74 Å². The number of halogens is 2. The van der Waals surface area contributed by atoms with E-state index in [1.54, 1.807) is 24.3 Å². The first-order valence-corrected chi connectivity index (χ1v) is 8.44. The van der Waals surface area contributed by atoms with Crippen LogP contribution in [0.25, 0.3) is 11.1 Å². The van der Waals surface area contributed by atoms with E-state index in [1.165, 1.54) is 13.2 Å². The summed E-state index contributed by atoms with van der Waals surface area (Å²) in [6.45, 7) is 0. The lowest BCUT2D eigenvalue weighted by atomic mass is 10.0. The van der Waals surface area contributed by atoms with Crippen molar-refractivity contribution in [3.05, 3.63) is 94.0 Å². The number of ether oxygens (including phenoxy) is 1. The third-order valence-corrected chi connectivity index (χ3v) is 4.07. The topological polar surface area (TPSA) is 43.4 Å². The van der Waals surface area contributed by atoms with Crippen LogP contribution in [0.15, 0.2) is 72.8 Å². The van der Waals surface area contributed by atoms with Gasteiger partial charge in [0, 0.05) is 10.6 Å². The molecule has 0 atom stereocenters. The lowest BCUT2D eigenvalue weighted by Gasteiger charge is -2.02. The van der Waals surface area contributed by atoms with Crippen molar-refractivity contribution >= 4 is 35.5 Å². The molecule has 3 rings (SSSR count). The van der Waals surface area contributed by atoms with Crippen LogP contribution in [-0.4, -0.2) is 19.4 Å². The molecule has 3 aromatic carbocycles. The van der Waals surface area contributed by atoms with Gasteiger partial charge in [-0.25, -0.2) is 4.79 Å². The Bertz CT molecular complexity index is 876. The minimum atomic E-state index is -0.306. The fraction of sp³-hybridized carbons (Fsp3) is 0.0476. The number of carbonyl (C=O) groups is 2. The third-order valence-electron chi connectivity index (χ3n) is 3.50. The summed E-state index contributed by atoms with van der Waals surface area (Å²) < 4.78 is 4.64. The van der Waals surface area contributed by atoms with Gasteiger partial charge in [-0.3, -0.25) is 4.79 Å². The average Bonchev–Trinajstić information content (AvgIpc) is 2.69. The number of hydrogen-bond donors (Lipinski definition) is 0. The smallest absolute Gasteiger partial charge is 0.337 e. The van der Waals surface area contributed by atoms with Gasteiger partial charge in [-0.1, -0.05) is 65.7 Å². The fourth-order valence-corrected chi connectivity index (χ4v) is 2.60. The van der Waals surface area contributed by atoms with E-state index in [0.717, 1.165) is 11.1 Å². The van der Waals surface area contributed by atoms with Gasteiger partial charge in [-0.05, 0) is 41.5 Å². The molecular formula is C21H16Cl2O3. The van der Waals surface area contributed by atoms with E-state index in [2.05, 4.69) is 4.74 Å². The van der Waals surface area contributed by atoms with E-state index in [0.29, 0.717) is 27.5 Å². The Labute approximate surface area is 162 Å². The molecule has 0 bridgehead atoms. The lowest BCUT2D eigenvalue weighted by Crippen LogP contribution is -2.00. The number of rotatable bonds is 3. The molecule has 0 aliphatic carbocycles. The number of aldehydes is 1. The van der Waals surface area contributed by atoms with Crippen molar-refractivity contribution in [3.8, 4) is 11.1 Å². The second-order valence-corrected chi connectivity index (χ2v) is 6.06. The quantitative estimate of drug-likeness (QED) is 0.412. The van der Waals surface area contributed by atoms with Crippen LogP contribution in [0, 0.1) is 0 Å². The predicted octanol–water partition coefficient (Wildman–Crippen LogP) is 5.95. The molecule has 0 saturated carbocycles. The first kappa shape index (κ1) is 19.7. The molecule has 0 amide bonds. The highest BCUT2D eigenvalue weighted by molar-refractivity contribution is 6.36. The number of methoxy groups -OCH3 is 1. The molecule has 0 aliphatic heterocycles. The van der Waals surface area contributed by atoms with Gasteiger partial charge in [-0.2, -0.15) is 0 Å². The molecule has 26 heavy (non-hydrogen) atoms. The monoisotopic (exact) mass is 386 g/mol. The van der Waals surface area contributed by atoms with Crippen molar-refractivity contribution in [1.29, 1.82) is 0 Å². The molecule has 0 heterocycles. The predicted molar refractivity (Wildman–Crippen MR) is 105 cm³/mol. The van der Waals surface area contributed by atoms with E-state index in [-0.39, 0.29) is 5.97 Å². The van der Waals surface area contributed by atoms with Gasteiger partial charge in [0.05, 0.1) is 17.7 Å². The Morgan fingerprint density at radius 2 is 1.50 bits per heavy atom. The van der Waals surface area contributed by atoms with E-state index in [1.807, 2.05) is 42.5 Å². The van der Waals surface area contributed by atoms with Gasteiger partial charge >= 0.3 is 5.97 Å². The maximum absolute atomic E-state index is 11.2. The van der Waals surface area contributed by atoms with Crippen LogP contribution in [0.5, 0.6) is 0 Å². The summed E-state index contributed by atoms with van der Waals surface area (Å²) >= 11 is 11.2. The maximum atomic E-state index is 11.2. The number of esters is 1. The molecule has 0 aromatic heterocycles. The van der Waals surface area contributed by atoms with E-state index >= 15 is 0 Å². The molecule has 0 N–H and O–H groups in total. The molecule has 132 valence electrons. The van der Waals surface area contributed by atoms with Crippen molar-refractivity contribution < 1.29 is 14.3 Å². The molecular weight excluding hydrogens is 371 g/mol. The zero-order valence-corrected chi connectivity index (χ0v) is 15.5. The highest BCUT2D eigenvalue weighted by Gasteiger charge is 2.04. The maximum Gasteiger partial charge on any atom is 0.337 e. The van der Waals surface area contributed by atoms with Crippen molar-refractivity contribution in [2.45, 2.75) is 0 Å². The van der Waals surface area contributed by atoms with Crippen LogP contribution in [0.2, 0.25) is 10.0 Å². The van der Waals surface area contributed by atoms with E-state index in [4.69, 9.17) is 23.2 Å². The highest BCUT2D eigenvalue weighted by atomic mass is 35.5. The summed E-state index contributed by atoms with van der Waals surface area (Å²) in [5.74, 6) is -0.306. The van der Waals surface area contributed by atoms with Gasteiger partial charge in [0.1, 0.15) is 0 Å². The normalized spacial score (nSPS) is 9.65. The molecule has 0 unspecified atom stereocenters. The van der Waals surface area contributed by atoms with Crippen molar-refractivity contribution in [2.75, 3.05) is 7.11 Å². The van der Waals surface area contributed by atoms with Crippen LogP contribution < -0.4 is 0 Å². The van der Waals surface area contributed by atoms with Crippen molar-refractivity contribution in [3.63, 3.8) is 0 Å². The number of benzene rings is 3. The molecule has 0 aliphatic rings. The first-order chi connectivity index (χ1) is 12.5. The SMILES string of the molecule is COC(=O)c1ccc(-c2ccccc2)cc1.O=Cc1ccc(Cl)cc1Cl. The zero-order chi connectivity index (χ0) is 18.9. The van der Waals surface area contributed by atoms with E-state index in [9.17, 15) is 9.59 Å². The summed E-state index contributed by atoms with van der Waals surface area (Å²) in [5, 5.41) is 0.929. The van der Waals surface area contributed by atoms with Gasteiger partial charge in [0.25, 0.3) is 0 Å². The molecule has 5 heteroatoms. The Morgan fingerprint density at radius 1 is 0.885 bits per heavy atom. The Hall–Kier alpha value is -2.62. The first-order valence-electron chi connectivity index (χ1n) is 7.69. The summed E-state index contributed by atoms with van der Waals surface area (Å²) in [6, 6.07) is 22.1. The van der Waals surface area contributed by atoms with Crippen molar-refractivity contribution in [2.24, 2.45) is 0 Å². The summed E-state index contributed by atoms with van der Waals surface area (Å²) in [4.78, 5) is 21.5. The molecule has 0 saturated heterocycles. The van der Waals surface area contributed by atoms with Gasteiger partial charge in [0.15, 0.2) is 6.29 Å². The molecule has 3 nitrogen and oxygen atoms in total. The number of carbonyl (C=O) groups excluding carboxylic acids is 2.